The van der Waals surface area contributed by atoms with Crippen molar-refractivity contribution in [2.45, 2.75) is 19.0 Å². The third-order valence-corrected chi connectivity index (χ3v) is 5.09. The van der Waals surface area contributed by atoms with Crippen molar-refractivity contribution < 1.29 is 14.4 Å². The van der Waals surface area contributed by atoms with Crippen LogP contribution in [0.3, 0.4) is 0 Å². The Labute approximate surface area is 175 Å². The number of methoxy groups -OCH3 is 2. The fraction of sp³-hybridized carbons (Fsp3) is 0.381. The number of anilines is 1. The number of aliphatic imine (C=N–C) groups is 1. The van der Waals surface area contributed by atoms with Gasteiger partial charge in [-0.15, -0.1) is 0 Å². The molecule has 3 rings (SSSR count). The number of para-hydroxylation sites is 1. The Morgan fingerprint density at radius 3 is 2.57 bits per heavy atom. The number of hydrogen-bond acceptors (Lipinski definition) is 6. The predicted molar refractivity (Wildman–Crippen MR) is 117 cm³/mol. The summed E-state index contributed by atoms with van der Waals surface area (Å²) in [6, 6.07) is 12.7. The Bertz CT molecular complexity index is 896. The van der Waals surface area contributed by atoms with Gasteiger partial charge in [0.25, 0.3) is 5.69 Å². The van der Waals surface area contributed by atoms with E-state index >= 15 is 0 Å². The van der Waals surface area contributed by atoms with E-state index in [2.05, 4.69) is 20.5 Å². The molecule has 0 radical (unpaired) electrons. The normalized spacial score (nSPS) is 16.3. The van der Waals surface area contributed by atoms with Crippen molar-refractivity contribution in [2.24, 2.45) is 4.99 Å². The minimum atomic E-state index is -0.371. The average Bonchev–Trinajstić information content (AvgIpc) is 3.24. The number of rotatable bonds is 7. The van der Waals surface area contributed by atoms with Gasteiger partial charge in [0.15, 0.2) is 5.96 Å². The summed E-state index contributed by atoms with van der Waals surface area (Å²) >= 11 is 0. The second kappa shape index (κ2) is 9.82. The summed E-state index contributed by atoms with van der Waals surface area (Å²) in [4.78, 5) is 17.3. The van der Waals surface area contributed by atoms with E-state index in [0.29, 0.717) is 18.1 Å². The molecule has 0 aliphatic carbocycles. The van der Waals surface area contributed by atoms with E-state index in [0.717, 1.165) is 36.7 Å². The molecule has 160 valence electrons. The van der Waals surface area contributed by atoms with Gasteiger partial charge in [0.05, 0.1) is 19.1 Å². The number of hydrogen-bond donors (Lipinski definition) is 2. The zero-order chi connectivity index (χ0) is 21.5. The number of nitro groups is 1. The van der Waals surface area contributed by atoms with Crippen LogP contribution < -0.4 is 25.0 Å². The van der Waals surface area contributed by atoms with Gasteiger partial charge in [-0.3, -0.25) is 15.1 Å². The highest BCUT2D eigenvalue weighted by Gasteiger charge is 2.24. The summed E-state index contributed by atoms with van der Waals surface area (Å²) < 4.78 is 10.7. The maximum Gasteiger partial charge on any atom is 0.274 e. The van der Waals surface area contributed by atoms with Crippen LogP contribution in [0, 0.1) is 10.1 Å². The van der Waals surface area contributed by atoms with Crippen LogP contribution >= 0.6 is 0 Å². The van der Waals surface area contributed by atoms with Gasteiger partial charge in [0.2, 0.25) is 0 Å². The molecule has 1 fully saturated rings. The Morgan fingerprint density at radius 1 is 1.23 bits per heavy atom. The lowest BCUT2D eigenvalue weighted by molar-refractivity contribution is -0.385. The van der Waals surface area contributed by atoms with Gasteiger partial charge >= 0.3 is 0 Å². The van der Waals surface area contributed by atoms with E-state index in [4.69, 9.17) is 9.47 Å². The third-order valence-electron chi connectivity index (χ3n) is 5.09. The van der Waals surface area contributed by atoms with E-state index in [9.17, 15) is 10.1 Å². The summed E-state index contributed by atoms with van der Waals surface area (Å²) in [5, 5.41) is 17.8. The van der Waals surface area contributed by atoms with E-state index < -0.39 is 0 Å². The van der Waals surface area contributed by atoms with Gasteiger partial charge in [-0.2, -0.15) is 0 Å². The quantitative estimate of drug-likeness (QED) is 0.311. The zero-order valence-electron chi connectivity index (χ0n) is 17.4. The molecule has 1 aliphatic heterocycles. The van der Waals surface area contributed by atoms with Gasteiger partial charge < -0.3 is 25.0 Å². The topological polar surface area (TPSA) is 101 Å². The summed E-state index contributed by atoms with van der Waals surface area (Å²) in [7, 11) is 4.97. The Morgan fingerprint density at radius 2 is 1.93 bits per heavy atom. The molecule has 9 nitrogen and oxygen atoms in total. The van der Waals surface area contributed by atoms with Crippen molar-refractivity contribution in [1.82, 2.24) is 10.6 Å². The lowest BCUT2D eigenvalue weighted by atomic mass is 10.2. The lowest BCUT2D eigenvalue weighted by Gasteiger charge is -2.21. The molecule has 1 unspecified atom stereocenters. The molecule has 1 heterocycles. The van der Waals surface area contributed by atoms with Crippen molar-refractivity contribution in [3.05, 3.63) is 58.1 Å². The molecule has 0 aromatic heterocycles. The van der Waals surface area contributed by atoms with Crippen LogP contribution in [0.25, 0.3) is 0 Å². The molecule has 1 atom stereocenters. The zero-order valence-corrected chi connectivity index (χ0v) is 17.4. The molecule has 30 heavy (non-hydrogen) atoms. The minimum Gasteiger partial charge on any atom is -0.497 e. The highest BCUT2D eigenvalue weighted by molar-refractivity contribution is 5.80. The van der Waals surface area contributed by atoms with Crippen LogP contribution in [-0.4, -0.2) is 51.3 Å². The molecular formula is C21H27N5O4. The second-order valence-corrected chi connectivity index (χ2v) is 6.96. The van der Waals surface area contributed by atoms with Gasteiger partial charge in [-0.05, 0) is 6.42 Å². The summed E-state index contributed by atoms with van der Waals surface area (Å²) in [5.41, 5.74) is 1.75. The molecule has 9 heteroatoms. The van der Waals surface area contributed by atoms with Crippen molar-refractivity contribution in [3.63, 3.8) is 0 Å². The number of guanidine groups is 1. The predicted octanol–water partition coefficient (Wildman–Crippen LogP) is 2.56. The van der Waals surface area contributed by atoms with Gasteiger partial charge in [0, 0.05) is 68.2 Å². The maximum absolute atomic E-state index is 11.2. The SMILES string of the molecule is CN=C(NCc1ccccc1[N+](=O)[O-])NC1CCN(c2cc(OC)cc(OC)c2)C1. The molecule has 0 saturated carbocycles. The van der Waals surface area contributed by atoms with Crippen LogP contribution in [-0.2, 0) is 6.54 Å². The van der Waals surface area contributed by atoms with E-state index in [1.807, 2.05) is 18.2 Å². The molecule has 1 aliphatic rings. The number of ether oxygens (including phenoxy) is 2. The molecule has 1 saturated heterocycles. The van der Waals surface area contributed by atoms with Crippen molar-refractivity contribution in [1.29, 1.82) is 0 Å². The first-order chi connectivity index (χ1) is 14.5. The first-order valence-corrected chi connectivity index (χ1v) is 9.71. The Balaban J connectivity index is 1.60. The monoisotopic (exact) mass is 413 g/mol. The van der Waals surface area contributed by atoms with Crippen LogP contribution in [0.5, 0.6) is 11.5 Å². The summed E-state index contributed by atoms with van der Waals surface area (Å²) in [5.74, 6) is 2.12. The first-order valence-electron chi connectivity index (χ1n) is 9.71. The smallest absolute Gasteiger partial charge is 0.274 e. The van der Waals surface area contributed by atoms with Crippen LogP contribution in [0.4, 0.5) is 11.4 Å². The van der Waals surface area contributed by atoms with E-state index in [1.54, 1.807) is 39.5 Å². The second-order valence-electron chi connectivity index (χ2n) is 6.96. The van der Waals surface area contributed by atoms with Crippen LogP contribution in [0.2, 0.25) is 0 Å². The molecule has 2 aromatic rings. The van der Waals surface area contributed by atoms with Crippen LogP contribution in [0.1, 0.15) is 12.0 Å². The first kappa shape index (κ1) is 21.2. The highest BCUT2D eigenvalue weighted by Crippen LogP contribution is 2.30. The van der Waals surface area contributed by atoms with Crippen molar-refractivity contribution in [3.8, 4) is 11.5 Å². The van der Waals surface area contributed by atoms with Crippen molar-refractivity contribution in [2.75, 3.05) is 39.3 Å². The number of benzene rings is 2. The van der Waals surface area contributed by atoms with Crippen LogP contribution in [0.15, 0.2) is 47.5 Å². The van der Waals surface area contributed by atoms with Gasteiger partial charge in [0.1, 0.15) is 11.5 Å². The number of nitro benzene ring substituents is 1. The maximum atomic E-state index is 11.2. The molecule has 0 spiro atoms. The number of nitrogens with one attached hydrogen (secondary N) is 2. The fourth-order valence-electron chi connectivity index (χ4n) is 3.49. The average molecular weight is 413 g/mol. The van der Waals surface area contributed by atoms with E-state index in [-0.39, 0.29) is 16.7 Å². The molecule has 2 aromatic carbocycles. The molecule has 0 amide bonds. The molecule has 0 bridgehead atoms. The fourth-order valence-corrected chi connectivity index (χ4v) is 3.49. The Kier molecular flexibility index (Phi) is 6.95. The van der Waals surface area contributed by atoms with Gasteiger partial charge in [-0.25, -0.2) is 0 Å². The minimum absolute atomic E-state index is 0.0967. The lowest BCUT2D eigenvalue weighted by Crippen LogP contribution is -2.44. The molecular weight excluding hydrogens is 386 g/mol. The highest BCUT2D eigenvalue weighted by atomic mass is 16.6. The van der Waals surface area contributed by atoms with Crippen molar-refractivity contribution >= 4 is 17.3 Å². The Hall–Kier alpha value is -3.49. The van der Waals surface area contributed by atoms with E-state index in [1.165, 1.54) is 6.07 Å². The number of nitrogens with zero attached hydrogens (tertiary/aromatic N) is 3. The molecule has 2 N–H and O–H groups in total. The summed E-state index contributed by atoms with van der Waals surface area (Å²) in [6.07, 6.45) is 0.936. The summed E-state index contributed by atoms with van der Waals surface area (Å²) in [6.45, 7) is 2.00. The standard InChI is InChI=1S/C21H27N5O4/c1-22-21(23-13-15-6-4-5-7-20(15)26(27)28)24-16-8-9-25(14-16)17-10-18(29-2)12-19(11-17)30-3/h4-7,10-12,16H,8-9,13-14H2,1-3H3,(H2,22,23,24). The largest absolute Gasteiger partial charge is 0.497 e. The van der Waals surface area contributed by atoms with Gasteiger partial charge in [-0.1, -0.05) is 18.2 Å². The third kappa shape index (κ3) is 5.11.